The van der Waals surface area contributed by atoms with Crippen LogP contribution in [0.5, 0.6) is 0 Å². The highest BCUT2D eigenvalue weighted by molar-refractivity contribution is 7.90. The first kappa shape index (κ1) is 12.9. The highest BCUT2D eigenvalue weighted by Gasteiger charge is 2.14. The second-order valence-electron chi connectivity index (χ2n) is 3.83. The Morgan fingerprint density at radius 2 is 1.85 bits per heavy atom. The maximum absolute atomic E-state index is 10.9. The SMILES string of the molecule is CCNC(CCS(C)(=O)=O)C(C)C. The highest BCUT2D eigenvalue weighted by Crippen LogP contribution is 2.07. The normalized spacial score (nSPS) is 14.8. The zero-order valence-corrected chi connectivity index (χ0v) is 9.82. The van der Waals surface area contributed by atoms with Crippen LogP contribution in [0.1, 0.15) is 27.2 Å². The van der Waals surface area contributed by atoms with Crippen LogP contribution in [0.25, 0.3) is 0 Å². The first-order chi connectivity index (χ1) is 5.87. The zero-order chi connectivity index (χ0) is 10.5. The van der Waals surface area contributed by atoms with Gasteiger partial charge in [0, 0.05) is 12.3 Å². The molecule has 0 aromatic heterocycles. The van der Waals surface area contributed by atoms with Crippen molar-refractivity contribution in [2.75, 3.05) is 18.6 Å². The molecule has 0 aromatic rings. The van der Waals surface area contributed by atoms with Crippen molar-refractivity contribution in [3.63, 3.8) is 0 Å². The molecule has 1 unspecified atom stereocenters. The van der Waals surface area contributed by atoms with Crippen LogP contribution < -0.4 is 5.32 Å². The Kier molecular flexibility index (Phi) is 5.56. The summed E-state index contributed by atoms with van der Waals surface area (Å²) in [4.78, 5) is 0. The molecule has 0 rings (SSSR count). The molecule has 13 heavy (non-hydrogen) atoms. The summed E-state index contributed by atoms with van der Waals surface area (Å²) in [6, 6.07) is 0.319. The van der Waals surface area contributed by atoms with Crippen LogP contribution in [0.4, 0.5) is 0 Å². The number of hydrogen-bond acceptors (Lipinski definition) is 3. The average Bonchev–Trinajstić information content (AvgIpc) is 1.95. The van der Waals surface area contributed by atoms with Gasteiger partial charge in [0.25, 0.3) is 0 Å². The lowest BCUT2D eigenvalue weighted by atomic mass is 10.0. The zero-order valence-electron chi connectivity index (χ0n) is 9.00. The van der Waals surface area contributed by atoms with Crippen LogP contribution in [0.3, 0.4) is 0 Å². The van der Waals surface area contributed by atoms with Gasteiger partial charge in [0.15, 0.2) is 0 Å². The first-order valence-corrected chi connectivity index (χ1v) is 6.84. The fraction of sp³-hybridized carbons (Fsp3) is 1.00. The fourth-order valence-electron chi connectivity index (χ4n) is 1.27. The summed E-state index contributed by atoms with van der Waals surface area (Å²) in [7, 11) is -2.81. The Hall–Kier alpha value is -0.0900. The monoisotopic (exact) mass is 207 g/mol. The van der Waals surface area contributed by atoms with Crippen LogP contribution in [0, 0.1) is 5.92 Å². The number of hydrogen-bond donors (Lipinski definition) is 1. The summed E-state index contributed by atoms with van der Waals surface area (Å²) >= 11 is 0. The van der Waals surface area contributed by atoms with Crippen LogP contribution in [0.2, 0.25) is 0 Å². The van der Waals surface area contributed by atoms with Gasteiger partial charge in [-0.25, -0.2) is 8.42 Å². The molecule has 1 atom stereocenters. The summed E-state index contributed by atoms with van der Waals surface area (Å²) in [6.07, 6.45) is 2.00. The van der Waals surface area contributed by atoms with Crippen molar-refractivity contribution >= 4 is 9.84 Å². The standard InChI is InChI=1S/C9H21NO2S/c1-5-10-9(8(2)3)6-7-13(4,11)12/h8-10H,5-7H2,1-4H3. The van der Waals surface area contributed by atoms with Crippen LogP contribution in [-0.2, 0) is 9.84 Å². The van der Waals surface area contributed by atoms with Gasteiger partial charge in [-0.15, -0.1) is 0 Å². The van der Waals surface area contributed by atoms with Crippen LogP contribution in [0.15, 0.2) is 0 Å². The van der Waals surface area contributed by atoms with E-state index >= 15 is 0 Å². The van der Waals surface area contributed by atoms with Gasteiger partial charge in [-0.1, -0.05) is 20.8 Å². The Bertz CT molecular complexity index is 222. The van der Waals surface area contributed by atoms with E-state index in [1.54, 1.807) is 0 Å². The molecule has 0 amide bonds. The van der Waals surface area contributed by atoms with Crippen molar-refractivity contribution < 1.29 is 8.42 Å². The fourth-order valence-corrected chi connectivity index (χ4v) is 1.96. The Labute approximate surface area is 81.8 Å². The quantitative estimate of drug-likeness (QED) is 0.708. The lowest BCUT2D eigenvalue weighted by Crippen LogP contribution is -2.35. The minimum absolute atomic E-state index is 0.281. The Balaban J connectivity index is 3.97. The van der Waals surface area contributed by atoms with Crippen molar-refractivity contribution in [2.45, 2.75) is 33.2 Å². The van der Waals surface area contributed by atoms with E-state index in [1.165, 1.54) is 6.26 Å². The maximum Gasteiger partial charge on any atom is 0.147 e. The molecule has 0 aliphatic carbocycles. The highest BCUT2D eigenvalue weighted by atomic mass is 32.2. The molecule has 0 spiro atoms. The van der Waals surface area contributed by atoms with Gasteiger partial charge >= 0.3 is 0 Å². The van der Waals surface area contributed by atoms with Crippen molar-refractivity contribution in [3.8, 4) is 0 Å². The molecule has 0 saturated heterocycles. The number of nitrogens with one attached hydrogen (secondary N) is 1. The van der Waals surface area contributed by atoms with Crippen molar-refractivity contribution in [2.24, 2.45) is 5.92 Å². The lowest BCUT2D eigenvalue weighted by molar-refractivity contribution is 0.397. The Morgan fingerprint density at radius 1 is 1.31 bits per heavy atom. The molecule has 3 nitrogen and oxygen atoms in total. The Morgan fingerprint density at radius 3 is 2.15 bits per heavy atom. The predicted octanol–water partition coefficient (Wildman–Crippen LogP) is 1.06. The van der Waals surface area contributed by atoms with E-state index in [2.05, 4.69) is 19.2 Å². The third kappa shape index (κ3) is 7.02. The van der Waals surface area contributed by atoms with Crippen molar-refractivity contribution in [1.82, 2.24) is 5.32 Å². The summed E-state index contributed by atoms with van der Waals surface area (Å²) < 4.78 is 21.9. The molecule has 0 aromatic carbocycles. The second kappa shape index (κ2) is 5.60. The van der Waals surface area contributed by atoms with Crippen molar-refractivity contribution in [1.29, 1.82) is 0 Å². The molecular formula is C9H21NO2S. The molecule has 0 aliphatic rings. The first-order valence-electron chi connectivity index (χ1n) is 4.78. The topological polar surface area (TPSA) is 46.2 Å². The van der Waals surface area contributed by atoms with E-state index in [0.29, 0.717) is 18.4 Å². The van der Waals surface area contributed by atoms with E-state index in [9.17, 15) is 8.42 Å². The molecule has 1 N–H and O–H groups in total. The van der Waals surface area contributed by atoms with Gasteiger partial charge in [-0.3, -0.25) is 0 Å². The predicted molar refractivity (Wildman–Crippen MR) is 56.6 cm³/mol. The van der Waals surface area contributed by atoms with Gasteiger partial charge in [0.05, 0.1) is 5.75 Å². The van der Waals surface area contributed by atoms with E-state index in [-0.39, 0.29) is 5.75 Å². The number of rotatable bonds is 6. The van der Waals surface area contributed by atoms with E-state index < -0.39 is 9.84 Å². The third-order valence-corrected chi connectivity index (χ3v) is 3.05. The minimum Gasteiger partial charge on any atom is -0.314 e. The van der Waals surface area contributed by atoms with Gasteiger partial charge < -0.3 is 5.32 Å². The van der Waals surface area contributed by atoms with Gasteiger partial charge in [0.1, 0.15) is 9.84 Å². The maximum atomic E-state index is 10.9. The third-order valence-electron chi connectivity index (χ3n) is 2.07. The smallest absolute Gasteiger partial charge is 0.147 e. The van der Waals surface area contributed by atoms with Gasteiger partial charge in [-0.05, 0) is 18.9 Å². The largest absolute Gasteiger partial charge is 0.314 e. The summed E-state index contributed by atoms with van der Waals surface area (Å²) in [5, 5.41) is 3.29. The van der Waals surface area contributed by atoms with Crippen molar-refractivity contribution in [3.05, 3.63) is 0 Å². The lowest BCUT2D eigenvalue weighted by Gasteiger charge is -2.21. The number of sulfone groups is 1. The second-order valence-corrected chi connectivity index (χ2v) is 6.09. The summed E-state index contributed by atoms with van der Waals surface area (Å²) in [5.41, 5.74) is 0. The van der Waals surface area contributed by atoms with Crippen LogP contribution >= 0.6 is 0 Å². The van der Waals surface area contributed by atoms with Crippen LogP contribution in [-0.4, -0.2) is 33.0 Å². The minimum atomic E-state index is -2.81. The molecule has 0 heterocycles. The molecule has 0 aliphatic heterocycles. The molecule has 0 fully saturated rings. The van der Waals surface area contributed by atoms with Gasteiger partial charge in [0.2, 0.25) is 0 Å². The molecule has 0 bridgehead atoms. The molecule has 0 radical (unpaired) electrons. The summed E-state index contributed by atoms with van der Waals surface area (Å²) in [6.45, 7) is 7.15. The van der Waals surface area contributed by atoms with E-state index in [0.717, 1.165) is 6.54 Å². The molecular weight excluding hydrogens is 186 g/mol. The molecule has 0 saturated carbocycles. The molecule has 80 valence electrons. The van der Waals surface area contributed by atoms with E-state index in [4.69, 9.17) is 0 Å². The van der Waals surface area contributed by atoms with Gasteiger partial charge in [-0.2, -0.15) is 0 Å². The molecule has 4 heteroatoms. The van der Waals surface area contributed by atoms with E-state index in [1.807, 2.05) is 6.92 Å². The average molecular weight is 207 g/mol. The summed E-state index contributed by atoms with van der Waals surface area (Å²) in [5.74, 6) is 0.768.